The molecule has 1 heterocycles. The van der Waals surface area contributed by atoms with Crippen molar-refractivity contribution in [3.05, 3.63) is 29.3 Å². The number of piperidine rings is 1. The van der Waals surface area contributed by atoms with Crippen molar-refractivity contribution in [3.8, 4) is 0 Å². The van der Waals surface area contributed by atoms with Crippen molar-refractivity contribution in [2.45, 2.75) is 26.2 Å². The number of benzene rings is 1. The summed E-state index contributed by atoms with van der Waals surface area (Å²) in [5, 5.41) is 0. The van der Waals surface area contributed by atoms with Crippen molar-refractivity contribution in [1.82, 2.24) is 0 Å². The summed E-state index contributed by atoms with van der Waals surface area (Å²) < 4.78 is 0. The van der Waals surface area contributed by atoms with Crippen molar-refractivity contribution in [3.63, 3.8) is 0 Å². The number of carbonyl (C=O) groups is 1. The summed E-state index contributed by atoms with van der Waals surface area (Å²) in [6.45, 7) is 4.30. The van der Waals surface area contributed by atoms with Crippen LogP contribution >= 0.6 is 0 Å². The molecule has 1 aromatic carbocycles. The molecule has 1 fully saturated rings. The molecule has 0 N–H and O–H groups in total. The molecule has 0 bridgehead atoms. The van der Waals surface area contributed by atoms with Crippen LogP contribution in [0.2, 0.25) is 0 Å². The second-order valence-corrected chi connectivity index (χ2v) is 4.21. The maximum atomic E-state index is 10.7. The van der Waals surface area contributed by atoms with E-state index in [9.17, 15) is 4.79 Å². The quantitative estimate of drug-likeness (QED) is 0.689. The van der Waals surface area contributed by atoms with Crippen LogP contribution < -0.4 is 4.90 Å². The fraction of sp³-hybridized carbons (Fsp3) is 0.462. The molecule has 2 rings (SSSR count). The Hall–Kier alpha value is -1.31. The summed E-state index contributed by atoms with van der Waals surface area (Å²) in [6, 6.07) is 6.10. The molecule has 0 saturated carbocycles. The average molecular weight is 203 g/mol. The van der Waals surface area contributed by atoms with E-state index >= 15 is 0 Å². The number of aldehydes is 1. The zero-order valence-electron chi connectivity index (χ0n) is 9.20. The van der Waals surface area contributed by atoms with Crippen LogP contribution in [0.5, 0.6) is 0 Å². The largest absolute Gasteiger partial charge is 0.372 e. The molecule has 1 aromatic rings. The van der Waals surface area contributed by atoms with E-state index in [0.29, 0.717) is 0 Å². The summed E-state index contributed by atoms with van der Waals surface area (Å²) in [5.41, 5.74) is 3.14. The zero-order valence-corrected chi connectivity index (χ0v) is 9.20. The van der Waals surface area contributed by atoms with Gasteiger partial charge in [-0.1, -0.05) is 0 Å². The molecule has 0 aromatic heterocycles. The Kier molecular flexibility index (Phi) is 3.05. The lowest BCUT2D eigenvalue weighted by Crippen LogP contribution is -2.29. The normalized spacial score (nSPS) is 16.5. The molecule has 2 heteroatoms. The van der Waals surface area contributed by atoms with Crippen LogP contribution in [0.1, 0.15) is 35.2 Å². The second kappa shape index (κ2) is 4.47. The van der Waals surface area contributed by atoms with Gasteiger partial charge in [0.1, 0.15) is 6.29 Å². The number of carbonyl (C=O) groups excluding carboxylic acids is 1. The topological polar surface area (TPSA) is 20.3 Å². The monoisotopic (exact) mass is 203 g/mol. The van der Waals surface area contributed by atoms with Crippen LogP contribution in [0.15, 0.2) is 18.2 Å². The predicted molar refractivity (Wildman–Crippen MR) is 62.6 cm³/mol. The third kappa shape index (κ3) is 2.20. The molecule has 1 aliphatic rings. The van der Waals surface area contributed by atoms with E-state index in [-0.39, 0.29) is 0 Å². The van der Waals surface area contributed by atoms with Gasteiger partial charge in [-0.3, -0.25) is 4.79 Å². The van der Waals surface area contributed by atoms with Crippen LogP contribution in [0.25, 0.3) is 0 Å². The summed E-state index contributed by atoms with van der Waals surface area (Å²) in [5.74, 6) is 0. The van der Waals surface area contributed by atoms with Gasteiger partial charge < -0.3 is 4.90 Å². The van der Waals surface area contributed by atoms with Crippen molar-refractivity contribution in [2.75, 3.05) is 18.0 Å². The first-order valence-corrected chi connectivity index (χ1v) is 5.62. The van der Waals surface area contributed by atoms with Gasteiger partial charge in [-0.2, -0.15) is 0 Å². The number of anilines is 1. The van der Waals surface area contributed by atoms with Gasteiger partial charge in [-0.05, 0) is 49.9 Å². The van der Waals surface area contributed by atoms with Gasteiger partial charge in [0.25, 0.3) is 0 Å². The Bertz CT molecular complexity index is 354. The van der Waals surface area contributed by atoms with E-state index in [0.717, 1.165) is 30.5 Å². The first-order chi connectivity index (χ1) is 7.31. The molecule has 0 atom stereocenters. The minimum atomic E-state index is 0.802. The predicted octanol–water partition coefficient (Wildman–Crippen LogP) is 2.80. The number of hydrogen-bond donors (Lipinski definition) is 0. The van der Waals surface area contributed by atoms with Gasteiger partial charge in [-0.15, -0.1) is 0 Å². The number of aryl methyl sites for hydroxylation is 1. The fourth-order valence-corrected chi connectivity index (χ4v) is 2.14. The van der Waals surface area contributed by atoms with E-state index in [4.69, 9.17) is 0 Å². The molecule has 80 valence electrons. The first-order valence-electron chi connectivity index (χ1n) is 5.62. The van der Waals surface area contributed by atoms with Crippen molar-refractivity contribution >= 4 is 12.0 Å². The van der Waals surface area contributed by atoms with Gasteiger partial charge in [0.05, 0.1) is 0 Å². The summed E-state index contributed by atoms with van der Waals surface area (Å²) in [4.78, 5) is 13.1. The highest BCUT2D eigenvalue weighted by Gasteiger charge is 2.11. The maximum Gasteiger partial charge on any atom is 0.150 e. The van der Waals surface area contributed by atoms with Gasteiger partial charge >= 0.3 is 0 Å². The lowest BCUT2D eigenvalue weighted by Gasteiger charge is -2.29. The molecule has 0 amide bonds. The molecule has 0 radical (unpaired) electrons. The average Bonchev–Trinajstić information content (AvgIpc) is 2.30. The van der Waals surface area contributed by atoms with Gasteiger partial charge in [0.15, 0.2) is 0 Å². The molecule has 1 saturated heterocycles. The van der Waals surface area contributed by atoms with Gasteiger partial charge in [0.2, 0.25) is 0 Å². The molecule has 2 nitrogen and oxygen atoms in total. The van der Waals surface area contributed by atoms with Crippen LogP contribution in [0.4, 0.5) is 5.69 Å². The summed E-state index contributed by atoms with van der Waals surface area (Å²) in [7, 11) is 0. The van der Waals surface area contributed by atoms with Crippen molar-refractivity contribution in [1.29, 1.82) is 0 Å². The molecular formula is C13H17NO. The summed E-state index contributed by atoms with van der Waals surface area (Å²) in [6.07, 6.45) is 4.85. The highest BCUT2D eigenvalue weighted by atomic mass is 16.1. The number of hydrogen-bond acceptors (Lipinski definition) is 2. The van der Waals surface area contributed by atoms with Gasteiger partial charge in [-0.25, -0.2) is 0 Å². The zero-order chi connectivity index (χ0) is 10.7. The second-order valence-electron chi connectivity index (χ2n) is 4.21. The molecule has 0 aliphatic carbocycles. The molecule has 0 spiro atoms. The Balaban J connectivity index is 2.21. The SMILES string of the molecule is Cc1cc(N2CCCCC2)ccc1C=O. The highest BCUT2D eigenvalue weighted by molar-refractivity contribution is 5.78. The van der Waals surface area contributed by atoms with E-state index in [1.807, 2.05) is 13.0 Å². The lowest BCUT2D eigenvalue weighted by atomic mass is 10.1. The Labute approximate surface area is 90.9 Å². The minimum Gasteiger partial charge on any atom is -0.372 e. The minimum absolute atomic E-state index is 0.802. The standard InChI is InChI=1S/C13H17NO/c1-11-9-13(6-5-12(11)10-15)14-7-3-2-4-8-14/h5-6,9-10H,2-4,7-8H2,1H3. The van der Waals surface area contributed by atoms with E-state index < -0.39 is 0 Å². The Morgan fingerprint density at radius 2 is 1.93 bits per heavy atom. The van der Waals surface area contributed by atoms with Crippen molar-refractivity contribution in [2.24, 2.45) is 0 Å². The smallest absolute Gasteiger partial charge is 0.150 e. The fourth-order valence-electron chi connectivity index (χ4n) is 2.14. The number of rotatable bonds is 2. The van der Waals surface area contributed by atoms with E-state index in [1.165, 1.54) is 24.9 Å². The van der Waals surface area contributed by atoms with Crippen LogP contribution in [0.3, 0.4) is 0 Å². The first kappa shape index (κ1) is 10.2. The molecule has 15 heavy (non-hydrogen) atoms. The van der Waals surface area contributed by atoms with Crippen LogP contribution in [-0.2, 0) is 0 Å². The lowest BCUT2D eigenvalue weighted by molar-refractivity contribution is 0.112. The number of nitrogens with zero attached hydrogens (tertiary/aromatic N) is 1. The molecule has 0 unspecified atom stereocenters. The van der Waals surface area contributed by atoms with Gasteiger partial charge in [0, 0.05) is 24.3 Å². The third-order valence-corrected chi connectivity index (χ3v) is 3.10. The molecular weight excluding hydrogens is 186 g/mol. The van der Waals surface area contributed by atoms with Crippen LogP contribution in [0, 0.1) is 6.92 Å². The third-order valence-electron chi connectivity index (χ3n) is 3.10. The van der Waals surface area contributed by atoms with Crippen LogP contribution in [-0.4, -0.2) is 19.4 Å². The summed E-state index contributed by atoms with van der Waals surface area (Å²) >= 11 is 0. The van der Waals surface area contributed by atoms with E-state index in [2.05, 4.69) is 17.0 Å². The Morgan fingerprint density at radius 1 is 1.20 bits per heavy atom. The highest BCUT2D eigenvalue weighted by Crippen LogP contribution is 2.22. The van der Waals surface area contributed by atoms with E-state index in [1.54, 1.807) is 0 Å². The maximum absolute atomic E-state index is 10.7. The Morgan fingerprint density at radius 3 is 2.53 bits per heavy atom. The van der Waals surface area contributed by atoms with Crippen molar-refractivity contribution < 1.29 is 4.79 Å². The molecule has 1 aliphatic heterocycles.